The summed E-state index contributed by atoms with van der Waals surface area (Å²) in [5.74, 6) is 1.34. The van der Waals surface area contributed by atoms with Crippen LogP contribution in [-0.2, 0) is 4.79 Å². The quantitative estimate of drug-likeness (QED) is 0.866. The number of likely N-dealkylation sites (tertiary alicyclic amines) is 1. The molecule has 0 aromatic heterocycles. The van der Waals surface area contributed by atoms with Gasteiger partial charge in [-0.25, -0.2) is 0 Å². The molecular formula is C16H25N3O2. The number of hydrogen-bond donors (Lipinski definition) is 2. The number of hydrogen-bond acceptors (Lipinski definition) is 4. The van der Waals surface area contributed by atoms with Crippen molar-refractivity contribution in [2.75, 3.05) is 32.1 Å². The summed E-state index contributed by atoms with van der Waals surface area (Å²) in [4.78, 5) is 14.3. The van der Waals surface area contributed by atoms with Gasteiger partial charge in [0.05, 0.1) is 13.7 Å². The Kier molecular flexibility index (Phi) is 5.59. The molecule has 1 fully saturated rings. The molecule has 5 heteroatoms. The lowest BCUT2D eigenvalue weighted by molar-refractivity contribution is -0.117. The lowest BCUT2D eigenvalue weighted by Gasteiger charge is -2.33. The van der Waals surface area contributed by atoms with Crippen molar-refractivity contribution in [1.29, 1.82) is 0 Å². The first-order valence-electron chi connectivity index (χ1n) is 7.50. The van der Waals surface area contributed by atoms with Crippen LogP contribution in [0.3, 0.4) is 0 Å². The molecular weight excluding hydrogens is 266 g/mol. The largest absolute Gasteiger partial charge is 0.497 e. The van der Waals surface area contributed by atoms with Crippen molar-refractivity contribution in [3.05, 3.63) is 24.3 Å². The second-order valence-corrected chi connectivity index (χ2v) is 5.75. The monoisotopic (exact) mass is 291 g/mol. The van der Waals surface area contributed by atoms with Gasteiger partial charge < -0.3 is 15.8 Å². The molecule has 116 valence electrons. The van der Waals surface area contributed by atoms with Gasteiger partial charge in [-0.15, -0.1) is 0 Å². The van der Waals surface area contributed by atoms with Gasteiger partial charge in [0.15, 0.2) is 0 Å². The minimum absolute atomic E-state index is 0.0162. The van der Waals surface area contributed by atoms with Gasteiger partial charge in [0.25, 0.3) is 0 Å². The lowest BCUT2D eigenvalue weighted by atomic mass is 9.91. The molecule has 21 heavy (non-hydrogen) atoms. The van der Waals surface area contributed by atoms with Crippen LogP contribution in [-0.4, -0.2) is 43.6 Å². The van der Waals surface area contributed by atoms with Gasteiger partial charge in [-0.1, -0.05) is 6.07 Å². The fourth-order valence-corrected chi connectivity index (χ4v) is 2.74. The Morgan fingerprint density at radius 3 is 2.81 bits per heavy atom. The molecule has 1 aromatic rings. The van der Waals surface area contributed by atoms with E-state index < -0.39 is 0 Å². The van der Waals surface area contributed by atoms with E-state index in [1.807, 2.05) is 24.3 Å². The van der Waals surface area contributed by atoms with E-state index in [4.69, 9.17) is 10.5 Å². The third-order valence-corrected chi connectivity index (χ3v) is 4.10. The van der Waals surface area contributed by atoms with E-state index >= 15 is 0 Å². The van der Waals surface area contributed by atoms with Crippen molar-refractivity contribution in [3.8, 4) is 5.75 Å². The van der Waals surface area contributed by atoms with Gasteiger partial charge in [0.1, 0.15) is 5.75 Å². The van der Waals surface area contributed by atoms with E-state index in [0.717, 1.165) is 37.4 Å². The molecule has 1 saturated heterocycles. The summed E-state index contributed by atoms with van der Waals surface area (Å²) in [6.45, 7) is 4.38. The zero-order valence-electron chi connectivity index (χ0n) is 12.8. The Balaban J connectivity index is 1.80. The number of anilines is 1. The molecule has 1 aliphatic heterocycles. The van der Waals surface area contributed by atoms with Gasteiger partial charge in [0, 0.05) is 17.8 Å². The number of nitrogens with zero attached hydrogens (tertiary/aromatic N) is 1. The highest BCUT2D eigenvalue weighted by molar-refractivity contribution is 5.92. The topological polar surface area (TPSA) is 67.6 Å². The average molecular weight is 291 g/mol. The van der Waals surface area contributed by atoms with Crippen LogP contribution in [0.2, 0.25) is 0 Å². The summed E-state index contributed by atoms with van der Waals surface area (Å²) in [6.07, 6.45) is 2.15. The lowest BCUT2D eigenvalue weighted by Crippen LogP contribution is -2.42. The highest BCUT2D eigenvalue weighted by Crippen LogP contribution is 2.20. The molecule has 0 aliphatic carbocycles. The average Bonchev–Trinajstić information content (AvgIpc) is 2.47. The molecule has 0 bridgehead atoms. The van der Waals surface area contributed by atoms with Crippen molar-refractivity contribution in [2.45, 2.75) is 25.8 Å². The number of nitrogens with one attached hydrogen (secondary N) is 1. The fourth-order valence-electron chi connectivity index (χ4n) is 2.74. The molecule has 3 N–H and O–H groups in total. The maximum Gasteiger partial charge on any atom is 0.238 e. The van der Waals surface area contributed by atoms with Crippen LogP contribution < -0.4 is 15.8 Å². The Morgan fingerprint density at radius 1 is 1.48 bits per heavy atom. The predicted molar refractivity (Wildman–Crippen MR) is 84.4 cm³/mol. The third-order valence-electron chi connectivity index (χ3n) is 4.10. The van der Waals surface area contributed by atoms with E-state index in [2.05, 4.69) is 17.1 Å². The maximum atomic E-state index is 12.1. The van der Waals surface area contributed by atoms with Crippen LogP contribution in [0, 0.1) is 5.92 Å². The third kappa shape index (κ3) is 4.72. The number of amides is 1. The highest BCUT2D eigenvalue weighted by Gasteiger charge is 2.22. The standard InChI is InChI=1S/C16H25N3O2/c1-12(17)13-6-8-19(9-7-13)11-16(20)18-14-4-3-5-15(10-14)21-2/h3-5,10,12-13H,6-9,11,17H2,1-2H3,(H,18,20). The summed E-state index contributed by atoms with van der Waals surface area (Å²) >= 11 is 0. The summed E-state index contributed by atoms with van der Waals surface area (Å²) in [5, 5.41) is 2.91. The highest BCUT2D eigenvalue weighted by atomic mass is 16.5. The summed E-state index contributed by atoms with van der Waals surface area (Å²) in [7, 11) is 1.61. The Hall–Kier alpha value is -1.59. The van der Waals surface area contributed by atoms with Crippen LogP contribution in [0.25, 0.3) is 0 Å². The van der Waals surface area contributed by atoms with Gasteiger partial charge in [-0.3, -0.25) is 9.69 Å². The Labute approximate surface area is 126 Å². The van der Waals surface area contributed by atoms with Crippen molar-refractivity contribution >= 4 is 11.6 Å². The van der Waals surface area contributed by atoms with E-state index in [1.165, 1.54) is 0 Å². The molecule has 1 aliphatic rings. The minimum atomic E-state index is 0.0162. The fraction of sp³-hybridized carbons (Fsp3) is 0.562. The Morgan fingerprint density at radius 2 is 2.19 bits per heavy atom. The number of carbonyl (C=O) groups excluding carboxylic acids is 1. The molecule has 1 amide bonds. The van der Waals surface area contributed by atoms with Crippen molar-refractivity contribution in [3.63, 3.8) is 0 Å². The number of carbonyl (C=O) groups is 1. The van der Waals surface area contributed by atoms with Crippen molar-refractivity contribution in [1.82, 2.24) is 4.90 Å². The molecule has 0 radical (unpaired) electrons. The van der Waals surface area contributed by atoms with Gasteiger partial charge in [0.2, 0.25) is 5.91 Å². The second-order valence-electron chi connectivity index (χ2n) is 5.75. The first kappa shape index (κ1) is 15.8. The molecule has 1 unspecified atom stereocenters. The van der Waals surface area contributed by atoms with E-state index in [0.29, 0.717) is 12.5 Å². The van der Waals surface area contributed by atoms with E-state index in [-0.39, 0.29) is 11.9 Å². The van der Waals surface area contributed by atoms with Crippen LogP contribution in [0.4, 0.5) is 5.69 Å². The van der Waals surface area contributed by atoms with Crippen molar-refractivity contribution in [2.24, 2.45) is 11.7 Å². The van der Waals surface area contributed by atoms with Crippen LogP contribution in [0.5, 0.6) is 5.75 Å². The molecule has 2 rings (SSSR count). The molecule has 1 heterocycles. The first-order chi connectivity index (χ1) is 10.1. The zero-order chi connectivity index (χ0) is 15.2. The second kappa shape index (κ2) is 7.43. The number of piperidine rings is 1. The summed E-state index contributed by atoms with van der Waals surface area (Å²) in [6, 6.07) is 7.65. The molecule has 0 saturated carbocycles. The number of nitrogens with two attached hydrogens (primary N) is 1. The molecule has 5 nitrogen and oxygen atoms in total. The number of benzene rings is 1. The smallest absolute Gasteiger partial charge is 0.238 e. The number of ether oxygens (including phenoxy) is 1. The minimum Gasteiger partial charge on any atom is -0.497 e. The van der Waals surface area contributed by atoms with Crippen LogP contribution in [0.1, 0.15) is 19.8 Å². The van der Waals surface area contributed by atoms with E-state index in [9.17, 15) is 4.79 Å². The summed E-state index contributed by atoms with van der Waals surface area (Å²) < 4.78 is 5.15. The molecule has 1 aromatic carbocycles. The number of methoxy groups -OCH3 is 1. The normalized spacial score (nSPS) is 18.2. The Bertz CT molecular complexity index is 468. The molecule has 1 atom stereocenters. The van der Waals surface area contributed by atoms with Gasteiger partial charge in [-0.05, 0) is 50.9 Å². The van der Waals surface area contributed by atoms with Gasteiger partial charge >= 0.3 is 0 Å². The molecule has 0 spiro atoms. The van der Waals surface area contributed by atoms with Crippen LogP contribution in [0.15, 0.2) is 24.3 Å². The SMILES string of the molecule is COc1cccc(NC(=O)CN2CCC(C(C)N)CC2)c1. The van der Waals surface area contributed by atoms with Crippen molar-refractivity contribution < 1.29 is 9.53 Å². The summed E-state index contributed by atoms with van der Waals surface area (Å²) in [5.41, 5.74) is 6.70. The number of rotatable bonds is 5. The zero-order valence-corrected chi connectivity index (χ0v) is 12.8. The first-order valence-corrected chi connectivity index (χ1v) is 7.50. The van der Waals surface area contributed by atoms with Crippen LogP contribution >= 0.6 is 0 Å². The predicted octanol–water partition coefficient (Wildman–Crippen LogP) is 1.69. The maximum absolute atomic E-state index is 12.1. The van der Waals surface area contributed by atoms with Gasteiger partial charge in [-0.2, -0.15) is 0 Å². The van der Waals surface area contributed by atoms with E-state index in [1.54, 1.807) is 7.11 Å².